The van der Waals surface area contributed by atoms with Crippen molar-refractivity contribution in [3.8, 4) is 0 Å². The standard InChI is InChI=1S/C23H27N2O5P/c1-16-19(14-23(24)27)20-13-18(22(11-12-26)31(28,29-2)30-3)9-10-21(20)25(16)15-17-7-5-4-6-8-17/h4-10,12-13,22H,11,14-15H2,1-3H3,(H2,24,27). The summed E-state index contributed by atoms with van der Waals surface area (Å²) in [6.45, 7) is 2.59. The molecular weight excluding hydrogens is 415 g/mol. The third-order valence-corrected chi connectivity index (χ3v) is 7.90. The molecule has 2 N–H and O–H groups in total. The molecule has 1 unspecified atom stereocenters. The van der Waals surface area contributed by atoms with E-state index in [4.69, 9.17) is 14.8 Å². The molecule has 0 bridgehead atoms. The van der Waals surface area contributed by atoms with Gasteiger partial charge in [0, 0.05) is 43.8 Å². The second-order valence-electron chi connectivity index (χ2n) is 7.38. The molecule has 8 heteroatoms. The zero-order chi connectivity index (χ0) is 22.6. The molecule has 164 valence electrons. The van der Waals surface area contributed by atoms with Crippen LogP contribution in [0.15, 0.2) is 48.5 Å². The van der Waals surface area contributed by atoms with Crippen molar-refractivity contribution in [3.63, 3.8) is 0 Å². The van der Waals surface area contributed by atoms with E-state index in [2.05, 4.69) is 4.57 Å². The van der Waals surface area contributed by atoms with Crippen molar-refractivity contribution in [3.05, 3.63) is 70.9 Å². The highest BCUT2D eigenvalue weighted by molar-refractivity contribution is 7.54. The summed E-state index contributed by atoms with van der Waals surface area (Å²) < 4.78 is 25.5. The Kier molecular flexibility index (Phi) is 7.11. The van der Waals surface area contributed by atoms with Gasteiger partial charge in [-0.05, 0) is 35.7 Å². The molecule has 31 heavy (non-hydrogen) atoms. The zero-order valence-corrected chi connectivity index (χ0v) is 18.8. The summed E-state index contributed by atoms with van der Waals surface area (Å²) in [5, 5.41) is 0.833. The summed E-state index contributed by atoms with van der Waals surface area (Å²) in [5.74, 6) is -0.434. The van der Waals surface area contributed by atoms with Crippen molar-refractivity contribution in [2.24, 2.45) is 5.73 Å². The highest BCUT2D eigenvalue weighted by Gasteiger charge is 2.35. The topological polar surface area (TPSA) is 101 Å². The number of nitrogens with zero attached hydrogens (tertiary/aromatic N) is 1. The number of aromatic nitrogens is 1. The molecule has 1 amide bonds. The van der Waals surface area contributed by atoms with Gasteiger partial charge in [0.2, 0.25) is 5.91 Å². The minimum absolute atomic E-state index is 0.0146. The van der Waals surface area contributed by atoms with Gasteiger partial charge < -0.3 is 24.1 Å². The molecule has 0 aliphatic carbocycles. The van der Waals surface area contributed by atoms with E-state index >= 15 is 0 Å². The van der Waals surface area contributed by atoms with Gasteiger partial charge in [0.15, 0.2) is 0 Å². The van der Waals surface area contributed by atoms with Crippen LogP contribution in [0.4, 0.5) is 0 Å². The van der Waals surface area contributed by atoms with Gasteiger partial charge in [-0.2, -0.15) is 0 Å². The molecule has 0 aliphatic rings. The van der Waals surface area contributed by atoms with Crippen molar-refractivity contribution in [2.75, 3.05) is 14.2 Å². The Hall–Kier alpha value is -2.73. The lowest BCUT2D eigenvalue weighted by Gasteiger charge is -2.23. The maximum absolute atomic E-state index is 13.1. The van der Waals surface area contributed by atoms with Gasteiger partial charge in [0.25, 0.3) is 0 Å². The Labute approximate surface area is 181 Å². The number of fused-ring (bicyclic) bond motifs is 1. The minimum atomic E-state index is -3.54. The van der Waals surface area contributed by atoms with E-state index in [0.717, 1.165) is 27.7 Å². The van der Waals surface area contributed by atoms with Gasteiger partial charge in [0.1, 0.15) is 6.29 Å². The molecule has 1 atom stereocenters. The van der Waals surface area contributed by atoms with E-state index in [9.17, 15) is 14.2 Å². The second kappa shape index (κ2) is 9.60. The van der Waals surface area contributed by atoms with Crippen LogP contribution >= 0.6 is 7.60 Å². The third-order valence-electron chi connectivity index (χ3n) is 5.61. The van der Waals surface area contributed by atoms with Crippen molar-refractivity contribution in [1.29, 1.82) is 0 Å². The third kappa shape index (κ3) is 4.64. The average Bonchev–Trinajstić information content (AvgIpc) is 3.02. The smallest absolute Gasteiger partial charge is 0.337 e. The summed E-state index contributed by atoms with van der Waals surface area (Å²) in [5.41, 5.74) is 9.23. The van der Waals surface area contributed by atoms with Crippen LogP contribution in [0.5, 0.6) is 0 Å². The monoisotopic (exact) mass is 442 g/mol. The van der Waals surface area contributed by atoms with Crippen LogP contribution in [0.1, 0.15) is 34.5 Å². The molecule has 0 fully saturated rings. The summed E-state index contributed by atoms with van der Waals surface area (Å²) in [6, 6.07) is 15.6. The van der Waals surface area contributed by atoms with E-state index in [1.165, 1.54) is 14.2 Å². The molecule has 3 rings (SSSR count). The van der Waals surface area contributed by atoms with Crippen molar-refractivity contribution in [2.45, 2.75) is 32.0 Å². The normalized spacial score (nSPS) is 12.7. The van der Waals surface area contributed by atoms with Gasteiger partial charge in [-0.1, -0.05) is 36.4 Å². The van der Waals surface area contributed by atoms with E-state index in [1.807, 2.05) is 55.5 Å². The Morgan fingerprint density at radius 2 is 1.84 bits per heavy atom. The summed E-state index contributed by atoms with van der Waals surface area (Å²) in [6.07, 6.45) is 0.771. The zero-order valence-electron chi connectivity index (χ0n) is 17.9. The molecule has 0 spiro atoms. The van der Waals surface area contributed by atoms with Crippen LogP contribution in [-0.2, 0) is 36.2 Å². The van der Waals surface area contributed by atoms with Crippen LogP contribution in [-0.4, -0.2) is 31.0 Å². The fraction of sp³-hybridized carbons (Fsp3) is 0.304. The van der Waals surface area contributed by atoms with Crippen molar-refractivity contribution < 1.29 is 23.2 Å². The largest absolute Gasteiger partial charge is 0.369 e. The molecule has 0 saturated carbocycles. The van der Waals surface area contributed by atoms with Gasteiger partial charge >= 0.3 is 7.60 Å². The van der Waals surface area contributed by atoms with Gasteiger partial charge in [-0.15, -0.1) is 0 Å². The molecule has 0 aliphatic heterocycles. The Morgan fingerprint density at radius 1 is 1.16 bits per heavy atom. The Balaban J connectivity index is 2.19. The summed E-state index contributed by atoms with van der Waals surface area (Å²) >= 11 is 0. The van der Waals surface area contributed by atoms with Gasteiger partial charge in [-0.3, -0.25) is 9.36 Å². The lowest BCUT2D eigenvalue weighted by atomic mass is 10.0. The quantitative estimate of drug-likeness (QED) is 0.376. The number of benzene rings is 2. The summed E-state index contributed by atoms with van der Waals surface area (Å²) in [7, 11) is -0.930. The first kappa shape index (κ1) is 22.9. The number of carbonyl (C=O) groups is 2. The predicted molar refractivity (Wildman–Crippen MR) is 120 cm³/mol. The first-order valence-electron chi connectivity index (χ1n) is 9.93. The first-order chi connectivity index (χ1) is 14.8. The van der Waals surface area contributed by atoms with E-state index in [0.29, 0.717) is 18.4 Å². The first-order valence-corrected chi connectivity index (χ1v) is 11.5. The van der Waals surface area contributed by atoms with Crippen molar-refractivity contribution in [1.82, 2.24) is 4.57 Å². The van der Waals surface area contributed by atoms with E-state index in [1.54, 1.807) is 0 Å². The lowest BCUT2D eigenvalue weighted by molar-refractivity contribution is -0.117. The molecule has 7 nitrogen and oxygen atoms in total. The molecule has 0 saturated heterocycles. The van der Waals surface area contributed by atoms with Crippen molar-refractivity contribution >= 4 is 30.7 Å². The number of hydrogen-bond acceptors (Lipinski definition) is 5. The highest BCUT2D eigenvalue weighted by atomic mass is 31.2. The van der Waals surface area contributed by atoms with Gasteiger partial charge in [-0.25, -0.2) is 0 Å². The number of primary amides is 1. The number of amides is 1. The highest BCUT2D eigenvalue weighted by Crippen LogP contribution is 2.61. The van der Waals surface area contributed by atoms with Crippen LogP contribution in [0.2, 0.25) is 0 Å². The Bertz CT molecular complexity index is 1130. The molecule has 1 heterocycles. The molecule has 2 aromatic carbocycles. The molecule has 1 aromatic heterocycles. The number of nitrogens with two attached hydrogens (primary N) is 1. The summed E-state index contributed by atoms with van der Waals surface area (Å²) in [4.78, 5) is 23.1. The SMILES string of the molecule is COP(=O)(OC)C(CC=O)c1ccc2c(c1)c(CC(N)=O)c(C)n2Cc1ccccc1. The number of carbonyl (C=O) groups excluding carboxylic acids is 2. The van der Waals surface area contributed by atoms with Crippen LogP contribution < -0.4 is 5.73 Å². The van der Waals surface area contributed by atoms with Crippen LogP contribution in [0.3, 0.4) is 0 Å². The fourth-order valence-corrected chi connectivity index (χ4v) is 5.54. The lowest BCUT2D eigenvalue weighted by Crippen LogP contribution is -2.14. The number of aldehydes is 1. The van der Waals surface area contributed by atoms with Crippen LogP contribution in [0.25, 0.3) is 10.9 Å². The van der Waals surface area contributed by atoms with E-state index in [-0.39, 0.29) is 12.8 Å². The molecule has 0 radical (unpaired) electrons. The molecular formula is C23H27N2O5P. The maximum atomic E-state index is 13.1. The van der Waals surface area contributed by atoms with Crippen LogP contribution in [0, 0.1) is 6.92 Å². The minimum Gasteiger partial charge on any atom is -0.369 e. The second-order valence-corrected chi connectivity index (χ2v) is 9.81. The number of hydrogen-bond donors (Lipinski definition) is 1. The average molecular weight is 442 g/mol. The van der Waals surface area contributed by atoms with Gasteiger partial charge in [0.05, 0.1) is 12.1 Å². The molecule has 3 aromatic rings. The predicted octanol–water partition coefficient (Wildman–Crippen LogP) is 4.14. The maximum Gasteiger partial charge on any atom is 0.337 e. The fourth-order valence-electron chi connectivity index (χ4n) is 4.01. The van der Waals surface area contributed by atoms with E-state index < -0.39 is 19.2 Å². The Morgan fingerprint density at radius 3 is 2.42 bits per heavy atom. The number of rotatable bonds is 10.